The molecule has 0 aliphatic heterocycles. The summed E-state index contributed by atoms with van der Waals surface area (Å²) < 4.78 is 11.6. The molecule has 0 heterocycles. The van der Waals surface area contributed by atoms with E-state index < -0.39 is 0 Å². The van der Waals surface area contributed by atoms with Crippen LogP contribution in [0.25, 0.3) is 0 Å². The lowest BCUT2D eigenvalue weighted by atomic mass is 10.0. The third-order valence-electron chi connectivity index (χ3n) is 3.39. The normalized spacial score (nSPS) is 11.9. The zero-order chi connectivity index (χ0) is 15.4. The SMILES string of the molecule is COc1ccc(NC(C)c2cc(C)ccc2OC)cc1Br. The molecule has 4 heteroatoms. The van der Waals surface area contributed by atoms with Crippen LogP contribution in [0.5, 0.6) is 11.5 Å². The maximum atomic E-state index is 5.45. The number of nitrogens with one attached hydrogen (secondary N) is 1. The summed E-state index contributed by atoms with van der Waals surface area (Å²) in [7, 11) is 3.36. The fourth-order valence-corrected chi connectivity index (χ4v) is 2.82. The molecule has 0 saturated carbocycles. The Morgan fingerprint density at radius 1 is 1.00 bits per heavy atom. The molecule has 3 nitrogen and oxygen atoms in total. The van der Waals surface area contributed by atoms with Gasteiger partial charge in [-0.3, -0.25) is 0 Å². The topological polar surface area (TPSA) is 30.5 Å². The van der Waals surface area contributed by atoms with E-state index >= 15 is 0 Å². The maximum Gasteiger partial charge on any atom is 0.133 e. The van der Waals surface area contributed by atoms with Crippen molar-refractivity contribution in [3.63, 3.8) is 0 Å². The number of ether oxygens (including phenoxy) is 2. The molecule has 0 radical (unpaired) electrons. The summed E-state index contributed by atoms with van der Waals surface area (Å²) in [6.45, 7) is 4.20. The third-order valence-corrected chi connectivity index (χ3v) is 4.01. The fourth-order valence-electron chi connectivity index (χ4n) is 2.28. The molecule has 2 aromatic carbocycles. The highest BCUT2D eigenvalue weighted by molar-refractivity contribution is 9.10. The number of benzene rings is 2. The Labute approximate surface area is 134 Å². The summed E-state index contributed by atoms with van der Waals surface area (Å²) in [6.07, 6.45) is 0. The van der Waals surface area contributed by atoms with E-state index in [4.69, 9.17) is 9.47 Å². The zero-order valence-electron chi connectivity index (χ0n) is 12.7. The van der Waals surface area contributed by atoms with Crippen molar-refractivity contribution in [3.05, 3.63) is 52.0 Å². The molecule has 2 rings (SSSR count). The van der Waals surface area contributed by atoms with Crippen molar-refractivity contribution < 1.29 is 9.47 Å². The van der Waals surface area contributed by atoms with Crippen LogP contribution in [0.15, 0.2) is 40.9 Å². The standard InChI is InChI=1S/C17H20BrNO2/c1-11-5-7-16(20-3)14(9-11)12(2)19-13-6-8-17(21-4)15(18)10-13/h5-10,12,19H,1-4H3. The monoisotopic (exact) mass is 349 g/mol. The van der Waals surface area contributed by atoms with Gasteiger partial charge in [-0.05, 0) is 54.0 Å². The fraction of sp³-hybridized carbons (Fsp3) is 0.294. The summed E-state index contributed by atoms with van der Waals surface area (Å²) in [4.78, 5) is 0. The first-order valence-corrected chi connectivity index (χ1v) is 7.59. The largest absolute Gasteiger partial charge is 0.496 e. The van der Waals surface area contributed by atoms with E-state index in [1.165, 1.54) is 5.56 Å². The molecule has 21 heavy (non-hydrogen) atoms. The number of methoxy groups -OCH3 is 2. The van der Waals surface area contributed by atoms with E-state index in [1.807, 2.05) is 24.3 Å². The highest BCUT2D eigenvalue weighted by Crippen LogP contribution is 2.32. The van der Waals surface area contributed by atoms with Crippen molar-refractivity contribution >= 4 is 21.6 Å². The third kappa shape index (κ3) is 3.70. The Kier molecular flexibility index (Phi) is 5.12. The first-order chi connectivity index (χ1) is 10.0. The van der Waals surface area contributed by atoms with Gasteiger partial charge in [-0.1, -0.05) is 17.7 Å². The van der Waals surface area contributed by atoms with Crippen LogP contribution >= 0.6 is 15.9 Å². The first-order valence-electron chi connectivity index (χ1n) is 6.79. The summed E-state index contributed by atoms with van der Waals surface area (Å²) in [6, 6.07) is 12.3. The van der Waals surface area contributed by atoms with Gasteiger partial charge in [0.2, 0.25) is 0 Å². The van der Waals surface area contributed by atoms with E-state index in [2.05, 4.69) is 47.2 Å². The van der Waals surface area contributed by atoms with Gasteiger partial charge in [-0.15, -0.1) is 0 Å². The van der Waals surface area contributed by atoms with E-state index in [0.717, 1.165) is 27.2 Å². The molecule has 0 aromatic heterocycles. The quantitative estimate of drug-likeness (QED) is 0.828. The molecule has 0 saturated heterocycles. The molecular weight excluding hydrogens is 330 g/mol. The van der Waals surface area contributed by atoms with Crippen LogP contribution in [0.1, 0.15) is 24.1 Å². The summed E-state index contributed by atoms with van der Waals surface area (Å²) in [5, 5.41) is 3.49. The van der Waals surface area contributed by atoms with Crippen molar-refractivity contribution in [3.8, 4) is 11.5 Å². The molecule has 1 unspecified atom stereocenters. The number of hydrogen-bond acceptors (Lipinski definition) is 3. The molecule has 2 aromatic rings. The van der Waals surface area contributed by atoms with Crippen molar-refractivity contribution in [2.45, 2.75) is 19.9 Å². The summed E-state index contributed by atoms with van der Waals surface area (Å²) >= 11 is 3.50. The Morgan fingerprint density at radius 2 is 1.67 bits per heavy atom. The van der Waals surface area contributed by atoms with E-state index in [0.29, 0.717) is 0 Å². The van der Waals surface area contributed by atoms with Crippen LogP contribution in [0.2, 0.25) is 0 Å². The van der Waals surface area contributed by atoms with Crippen molar-refractivity contribution in [2.75, 3.05) is 19.5 Å². The Hall–Kier alpha value is -1.68. The lowest BCUT2D eigenvalue weighted by Gasteiger charge is -2.19. The van der Waals surface area contributed by atoms with Gasteiger partial charge < -0.3 is 14.8 Å². The second-order valence-corrected chi connectivity index (χ2v) is 5.82. The molecule has 0 aliphatic carbocycles. The molecule has 1 atom stereocenters. The van der Waals surface area contributed by atoms with Gasteiger partial charge in [0.25, 0.3) is 0 Å². The van der Waals surface area contributed by atoms with Gasteiger partial charge >= 0.3 is 0 Å². The van der Waals surface area contributed by atoms with Gasteiger partial charge in [0.1, 0.15) is 11.5 Å². The van der Waals surface area contributed by atoms with Gasteiger partial charge in [0.05, 0.1) is 24.7 Å². The minimum absolute atomic E-state index is 0.139. The Bertz CT molecular complexity index is 628. The summed E-state index contributed by atoms with van der Waals surface area (Å²) in [5.74, 6) is 1.72. The highest BCUT2D eigenvalue weighted by atomic mass is 79.9. The molecular formula is C17H20BrNO2. The second kappa shape index (κ2) is 6.85. The molecule has 0 spiro atoms. The van der Waals surface area contributed by atoms with Gasteiger partial charge in [0, 0.05) is 11.3 Å². The van der Waals surface area contributed by atoms with E-state index in [9.17, 15) is 0 Å². The van der Waals surface area contributed by atoms with E-state index in [1.54, 1.807) is 14.2 Å². The van der Waals surface area contributed by atoms with Crippen molar-refractivity contribution in [1.29, 1.82) is 0 Å². The predicted molar refractivity (Wildman–Crippen MR) is 90.5 cm³/mol. The van der Waals surface area contributed by atoms with Crippen molar-refractivity contribution in [2.24, 2.45) is 0 Å². The van der Waals surface area contributed by atoms with Crippen LogP contribution in [0.4, 0.5) is 5.69 Å². The molecule has 0 aliphatic rings. The van der Waals surface area contributed by atoms with Gasteiger partial charge in [-0.2, -0.15) is 0 Å². The lowest BCUT2D eigenvalue weighted by Crippen LogP contribution is -2.08. The average molecular weight is 350 g/mol. The number of anilines is 1. The molecule has 0 fully saturated rings. The van der Waals surface area contributed by atoms with Crippen LogP contribution in [-0.2, 0) is 0 Å². The molecule has 0 amide bonds. The predicted octanol–water partition coefficient (Wildman–Crippen LogP) is 4.95. The van der Waals surface area contributed by atoms with E-state index in [-0.39, 0.29) is 6.04 Å². The first kappa shape index (κ1) is 15.7. The maximum absolute atomic E-state index is 5.45. The minimum atomic E-state index is 0.139. The number of aryl methyl sites for hydroxylation is 1. The molecule has 1 N–H and O–H groups in total. The van der Waals surface area contributed by atoms with Crippen LogP contribution in [0, 0.1) is 6.92 Å². The zero-order valence-corrected chi connectivity index (χ0v) is 14.3. The number of halogens is 1. The molecule has 0 bridgehead atoms. The van der Waals surface area contributed by atoms with Gasteiger partial charge in [0.15, 0.2) is 0 Å². The van der Waals surface area contributed by atoms with Crippen LogP contribution in [0.3, 0.4) is 0 Å². The summed E-state index contributed by atoms with van der Waals surface area (Å²) in [5.41, 5.74) is 3.39. The van der Waals surface area contributed by atoms with Crippen LogP contribution < -0.4 is 14.8 Å². The number of hydrogen-bond donors (Lipinski definition) is 1. The highest BCUT2D eigenvalue weighted by Gasteiger charge is 2.12. The smallest absolute Gasteiger partial charge is 0.133 e. The second-order valence-electron chi connectivity index (χ2n) is 4.96. The Balaban J connectivity index is 2.23. The molecule has 112 valence electrons. The lowest BCUT2D eigenvalue weighted by molar-refractivity contribution is 0.407. The number of rotatable bonds is 5. The van der Waals surface area contributed by atoms with Crippen molar-refractivity contribution in [1.82, 2.24) is 0 Å². The van der Waals surface area contributed by atoms with Gasteiger partial charge in [-0.25, -0.2) is 0 Å². The van der Waals surface area contributed by atoms with Crippen LogP contribution in [-0.4, -0.2) is 14.2 Å². The minimum Gasteiger partial charge on any atom is -0.496 e. The average Bonchev–Trinajstić information content (AvgIpc) is 2.47. The Morgan fingerprint density at radius 3 is 2.29 bits per heavy atom.